The molecule has 0 aromatic carbocycles. The fourth-order valence-corrected chi connectivity index (χ4v) is 0. The maximum absolute atomic E-state index is 8.25. The zero-order chi connectivity index (χ0) is 10.7. The summed E-state index contributed by atoms with van der Waals surface area (Å²) in [5, 5.41) is 44.2. The van der Waals surface area contributed by atoms with Gasteiger partial charge in [-0.25, -0.2) is 0 Å². The number of nitrogens with zero attached hydrogens (tertiary/aromatic N) is 3. The molecule has 0 unspecified atom stereocenters. The third kappa shape index (κ3) is 2980. The summed E-state index contributed by atoms with van der Waals surface area (Å²) in [7, 11) is 0. The Morgan fingerprint density at radius 1 is 0.421 bits per heavy atom. The van der Waals surface area contributed by atoms with Crippen LogP contribution in [0.4, 0.5) is 0 Å². The van der Waals surface area contributed by atoms with Gasteiger partial charge in [-0.15, -0.1) is 0 Å². The second kappa shape index (κ2) is 68.6. The van der Waals surface area contributed by atoms with E-state index in [1.807, 2.05) is 0 Å². The molecule has 18 nitrogen and oxygen atoms in total. The summed E-state index contributed by atoms with van der Waals surface area (Å²) in [5.41, 5.74) is 0. The van der Waals surface area contributed by atoms with Crippen molar-refractivity contribution in [2.45, 2.75) is 0 Å². The van der Waals surface area contributed by atoms with Crippen molar-refractivity contribution in [3.8, 4) is 0 Å². The molecule has 0 rings (SSSR count). The van der Waals surface area contributed by atoms with Crippen molar-refractivity contribution in [3.63, 3.8) is 0 Å². The van der Waals surface area contributed by atoms with Crippen LogP contribution in [-0.2, 0) is 0 Å². The molecule has 0 heterocycles. The molecular formula is H12N3O15Yb. The van der Waals surface area contributed by atoms with Gasteiger partial charge >= 0.3 is 46.9 Å². The molecule has 0 saturated carbocycles. The van der Waals surface area contributed by atoms with Gasteiger partial charge in [0.25, 0.3) is 0 Å². The Kier molecular flexibility index (Phi) is 296. The van der Waals surface area contributed by atoms with Crippen molar-refractivity contribution < 1.29 is 95.0 Å². The summed E-state index contributed by atoms with van der Waals surface area (Å²) in [5.74, 6) is 0. The largest absolute Gasteiger partial charge is 3.00 e. The second-order valence-corrected chi connectivity index (χ2v) is 0.671. The normalized spacial score (nSPS) is 3.79. The molecule has 0 aliphatic heterocycles. The Hall–Kier alpha value is -1.12. The summed E-state index contributed by atoms with van der Waals surface area (Å²) < 4.78 is 0. The predicted molar refractivity (Wildman–Crippen MR) is 52.8 cm³/mol. The van der Waals surface area contributed by atoms with Crippen LogP contribution in [0.5, 0.6) is 0 Å². The molecule has 0 aromatic heterocycles. The molecule has 0 fully saturated rings. The zero-order valence-corrected chi connectivity index (χ0v) is 10.00. The zero-order valence-electron chi connectivity index (χ0n) is 8.28. The van der Waals surface area contributed by atoms with Gasteiger partial charge < -0.3 is 78.8 Å². The van der Waals surface area contributed by atoms with Crippen LogP contribution < -0.4 is 0 Å². The minimum atomic E-state index is -1.75. The quantitative estimate of drug-likeness (QED) is 0.241. The van der Waals surface area contributed by atoms with Crippen LogP contribution in [0.25, 0.3) is 0 Å². The molecule has 19 heavy (non-hydrogen) atoms. The Morgan fingerprint density at radius 3 is 0.421 bits per heavy atom. The van der Waals surface area contributed by atoms with Gasteiger partial charge in [0.1, 0.15) is 0 Å². The Morgan fingerprint density at radius 2 is 0.421 bits per heavy atom. The SMILES string of the molecule is O.O.O.O.O.O.O=[N+]([O-])[O-].O=[N+]([O-])[O-].O=[N+]([O-])[O-].[Yb+3]. The van der Waals surface area contributed by atoms with Crippen molar-refractivity contribution in [3.05, 3.63) is 46.0 Å². The summed E-state index contributed by atoms with van der Waals surface area (Å²) in [4.78, 5) is 24.8. The van der Waals surface area contributed by atoms with E-state index in [2.05, 4.69) is 0 Å². The van der Waals surface area contributed by atoms with Gasteiger partial charge in [0.15, 0.2) is 0 Å². The van der Waals surface area contributed by atoms with Gasteiger partial charge in [-0.2, -0.15) is 0 Å². The topological polar surface area (TPSA) is 388 Å². The Balaban J connectivity index is -0.00000000675. The second-order valence-electron chi connectivity index (χ2n) is 0.671. The molecule has 0 atom stereocenters. The third-order valence-corrected chi connectivity index (χ3v) is 0. The average Bonchev–Trinajstić information content (AvgIpc) is 1.54. The fraction of sp³-hybridized carbons (Fsp3) is 0. The molecule has 0 saturated heterocycles. The molecule has 0 aliphatic carbocycles. The average molecular weight is 467 g/mol. The summed E-state index contributed by atoms with van der Waals surface area (Å²) >= 11 is 0. The van der Waals surface area contributed by atoms with Crippen molar-refractivity contribution in [2.75, 3.05) is 0 Å². The predicted octanol–water partition coefficient (Wildman–Crippen LogP) is -5.67. The summed E-state index contributed by atoms with van der Waals surface area (Å²) in [6.45, 7) is 0. The summed E-state index contributed by atoms with van der Waals surface area (Å²) in [6.07, 6.45) is 0. The minimum absolute atomic E-state index is 0. The maximum atomic E-state index is 8.25. The van der Waals surface area contributed by atoms with E-state index in [9.17, 15) is 0 Å². The molecule has 1 radical (unpaired) electrons. The van der Waals surface area contributed by atoms with Crippen LogP contribution in [0, 0.1) is 92.9 Å². The molecule has 0 spiro atoms. The molecule has 12 N–H and O–H groups in total. The molecule has 0 bridgehead atoms. The monoisotopic (exact) mass is 468 g/mol. The fourth-order valence-electron chi connectivity index (χ4n) is 0. The van der Waals surface area contributed by atoms with E-state index in [1.54, 1.807) is 0 Å². The third-order valence-electron chi connectivity index (χ3n) is 0. The molecule has 0 aromatic rings. The van der Waals surface area contributed by atoms with Crippen molar-refractivity contribution in [1.29, 1.82) is 0 Å². The van der Waals surface area contributed by atoms with Gasteiger partial charge in [-0.05, 0) is 0 Å². The van der Waals surface area contributed by atoms with E-state index in [1.165, 1.54) is 0 Å². The van der Waals surface area contributed by atoms with Crippen LogP contribution in [0.15, 0.2) is 0 Å². The van der Waals surface area contributed by atoms with Crippen LogP contribution in [0.3, 0.4) is 0 Å². The first-order valence-corrected chi connectivity index (χ1v) is 1.64. The van der Waals surface area contributed by atoms with Gasteiger partial charge in [0.2, 0.25) is 0 Å². The first kappa shape index (κ1) is 82.0. The van der Waals surface area contributed by atoms with Crippen molar-refractivity contribution >= 4 is 0 Å². The Labute approximate surface area is 140 Å². The van der Waals surface area contributed by atoms with Crippen LogP contribution in [-0.4, -0.2) is 48.1 Å². The first-order chi connectivity index (χ1) is 5.20. The van der Waals surface area contributed by atoms with E-state index in [-0.39, 0.29) is 79.8 Å². The van der Waals surface area contributed by atoms with Crippen molar-refractivity contribution in [1.82, 2.24) is 0 Å². The van der Waals surface area contributed by atoms with Gasteiger partial charge in [0, 0.05) is 0 Å². The van der Waals surface area contributed by atoms with Gasteiger partial charge in [-0.3, -0.25) is 0 Å². The van der Waals surface area contributed by atoms with E-state index < -0.39 is 15.3 Å². The smallest absolute Gasteiger partial charge is 0.412 e. The molecule has 0 aliphatic rings. The number of rotatable bonds is 0. The number of hydrogen-bond donors (Lipinski definition) is 0. The van der Waals surface area contributed by atoms with Crippen LogP contribution in [0.1, 0.15) is 0 Å². The maximum Gasteiger partial charge on any atom is 3.00 e. The van der Waals surface area contributed by atoms with Crippen LogP contribution >= 0.6 is 0 Å². The van der Waals surface area contributed by atoms with E-state index >= 15 is 0 Å². The molecule has 0 amide bonds. The summed E-state index contributed by atoms with van der Waals surface area (Å²) in [6, 6.07) is 0. The molecule has 131 valence electrons. The van der Waals surface area contributed by atoms with Gasteiger partial charge in [0.05, 0.1) is 15.3 Å². The van der Waals surface area contributed by atoms with Crippen molar-refractivity contribution in [2.24, 2.45) is 0 Å². The number of hydrogen-bond acceptors (Lipinski definition) is 9. The van der Waals surface area contributed by atoms with E-state index in [4.69, 9.17) is 46.0 Å². The first-order valence-electron chi connectivity index (χ1n) is 1.64. The van der Waals surface area contributed by atoms with Crippen LogP contribution in [0.2, 0.25) is 0 Å². The minimum Gasteiger partial charge on any atom is -0.412 e. The van der Waals surface area contributed by atoms with Gasteiger partial charge in [-0.1, -0.05) is 0 Å². The van der Waals surface area contributed by atoms with E-state index in [0.29, 0.717) is 0 Å². The standard InChI is InChI=1S/3NO3.6H2O.Yb/c3*2-1(3)4;;;;;;;/h;;;6*1H2;/q3*-1;;;;;;;+3. The van der Waals surface area contributed by atoms with E-state index in [0.717, 1.165) is 0 Å². The molecule has 19 heteroatoms. The Bertz CT molecular complexity index is 115. The molecular weight excluding hydrogens is 455 g/mol.